The highest BCUT2D eigenvalue weighted by Crippen LogP contribution is 2.54. The molecule has 0 amide bonds. The minimum atomic E-state index is -0.199. The summed E-state index contributed by atoms with van der Waals surface area (Å²) >= 11 is 0. The summed E-state index contributed by atoms with van der Waals surface area (Å²) in [4.78, 5) is 2.37. The summed E-state index contributed by atoms with van der Waals surface area (Å²) in [7, 11) is 0. The highest BCUT2D eigenvalue weighted by atomic mass is 15.1. The first-order valence-electron chi connectivity index (χ1n) is 20.2. The molecule has 0 saturated carbocycles. The van der Waals surface area contributed by atoms with Gasteiger partial charge in [0, 0.05) is 27.9 Å². The average molecular weight is 730 g/mol. The van der Waals surface area contributed by atoms with Crippen molar-refractivity contribution in [1.29, 1.82) is 0 Å². The smallest absolute Gasteiger partial charge is 0.0465 e. The lowest BCUT2D eigenvalue weighted by Crippen LogP contribution is -2.16. The van der Waals surface area contributed by atoms with E-state index in [4.69, 9.17) is 0 Å². The lowest BCUT2D eigenvalue weighted by Gasteiger charge is -2.28. The van der Waals surface area contributed by atoms with E-state index in [1.54, 1.807) is 0 Å². The Morgan fingerprint density at radius 2 is 0.719 bits per heavy atom. The van der Waals surface area contributed by atoms with Crippen molar-refractivity contribution in [1.82, 2.24) is 0 Å². The molecule has 9 aromatic carbocycles. The van der Waals surface area contributed by atoms with Crippen LogP contribution in [0.5, 0.6) is 0 Å². The number of anilines is 3. The molecule has 0 bridgehead atoms. The minimum absolute atomic E-state index is 0.0236. The lowest BCUT2D eigenvalue weighted by molar-refractivity contribution is 0.660. The van der Waals surface area contributed by atoms with Crippen molar-refractivity contribution < 1.29 is 0 Å². The maximum absolute atomic E-state index is 2.49. The zero-order chi connectivity index (χ0) is 38.5. The maximum Gasteiger partial charge on any atom is 0.0465 e. The highest BCUT2D eigenvalue weighted by Gasteiger charge is 2.37. The predicted octanol–water partition coefficient (Wildman–Crippen LogP) is 15.4. The highest BCUT2D eigenvalue weighted by molar-refractivity contribution is 6.21. The van der Waals surface area contributed by atoms with Crippen LogP contribution in [-0.4, -0.2) is 0 Å². The first-order valence-corrected chi connectivity index (χ1v) is 20.2. The van der Waals surface area contributed by atoms with Gasteiger partial charge in [-0.2, -0.15) is 0 Å². The van der Waals surface area contributed by atoms with Gasteiger partial charge in [0.2, 0.25) is 0 Å². The van der Waals surface area contributed by atoms with Crippen LogP contribution in [0.4, 0.5) is 17.1 Å². The van der Waals surface area contributed by atoms with Gasteiger partial charge in [0.25, 0.3) is 0 Å². The van der Waals surface area contributed by atoms with Gasteiger partial charge in [-0.05, 0) is 137 Å². The molecule has 0 spiro atoms. The quantitative estimate of drug-likeness (QED) is 0.159. The molecule has 0 atom stereocenters. The van der Waals surface area contributed by atoms with Gasteiger partial charge < -0.3 is 4.90 Å². The summed E-state index contributed by atoms with van der Waals surface area (Å²) in [6.07, 6.45) is 0. The Balaban J connectivity index is 1.07. The largest absolute Gasteiger partial charge is 0.310 e. The van der Waals surface area contributed by atoms with Crippen molar-refractivity contribution in [3.8, 4) is 44.5 Å². The van der Waals surface area contributed by atoms with Crippen molar-refractivity contribution >= 4 is 38.6 Å². The molecule has 0 aliphatic heterocycles. The van der Waals surface area contributed by atoms with Crippen LogP contribution in [0.2, 0.25) is 0 Å². The standard InChI is InChI=1S/C56H43N/c1-55(2)49-26-16-15-21-41(49)48-33-36(28-32-50(48)55)53-44-22-11-13-24-46(44)54(47-25-14-12-23-45(47)53)37-27-30-42-43-31-29-40(35-52(43)56(3,4)51(42)34-37)57(38-17-7-5-8-18-38)39-19-9-6-10-20-39/h5-35H,1-4H3. The second-order valence-corrected chi connectivity index (χ2v) is 16.9. The Labute approximate surface area is 335 Å². The molecule has 0 unspecified atom stereocenters. The maximum atomic E-state index is 2.49. The van der Waals surface area contributed by atoms with Gasteiger partial charge in [0.15, 0.2) is 0 Å². The second kappa shape index (κ2) is 12.4. The van der Waals surface area contributed by atoms with Crippen LogP contribution < -0.4 is 4.90 Å². The van der Waals surface area contributed by atoms with Gasteiger partial charge in [0.05, 0.1) is 0 Å². The van der Waals surface area contributed by atoms with Gasteiger partial charge in [-0.1, -0.05) is 167 Å². The third kappa shape index (κ3) is 4.95. The molecule has 2 aliphatic rings. The minimum Gasteiger partial charge on any atom is -0.310 e. The van der Waals surface area contributed by atoms with E-state index in [9.17, 15) is 0 Å². The Kier molecular flexibility index (Phi) is 7.32. The normalized spacial score (nSPS) is 14.2. The van der Waals surface area contributed by atoms with Gasteiger partial charge in [-0.15, -0.1) is 0 Å². The molecule has 1 nitrogen and oxygen atoms in total. The SMILES string of the molecule is CC1(C)c2ccccc2-c2cc(-c3c4ccccc4c(-c4ccc5c(c4)C(C)(C)c4cc(N(c6ccccc6)c6ccccc6)ccc4-5)c4ccccc34)ccc21. The van der Waals surface area contributed by atoms with E-state index in [-0.39, 0.29) is 10.8 Å². The molecule has 11 rings (SSSR count). The molecule has 0 aromatic heterocycles. The molecule has 9 aromatic rings. The van der Waals surface area contributed by atoms with Gasteiger partial charge in [-0.25, -0.2) is 0 Å². The van der Waals surface area contributed by atoms with Crippen molar-refractivity contribution in [2.24, 2.45) is 0 Å². The molecular formula is C56H43N. The molecule has 1 heteroatoms. The lowest BCUT2D eigenvalue weighted by atomic mass is 9.80. The van der Waals surface area contributed by atoms with Crippen LogP contribution >= 0.6 is 0 Å². The van der Waals surface area contributed by atoms with E-state index in [1.165, 1.54) is 94.0 Å². The van der Waals surface area contributed by atoms with Crippen molar-refractivity contribution in [3.05, 3.63) is 210 Å². The van der Waals surface area contributed by atoms with E-state index >= 15 is 0 Å². The van der Waals surface area contributed by atoms with Crippen LogP contribution in [0.15, 0.2) is 188 Å². The predicted molar refractivity (Wildman–Crippen MR) is 242 cm³/mol. The molecule has 272 valence electrons. The van der Waals surface area contributed by atoms with Crippen molar-refractivity contribution in [3.63, 3.8) is 0 Å². The van der Waals surface area contributed by atoms with Crippen LogP contribution in [0.3, 0.4) is 0 Å². The van der Waals surface area contributed by atoms with Gasteiger partial charge in [-0.3, -0.25) is 0 Å². The molecule has 57 heavy (non-hydrogen) atoms. The third-order valence-electron chi connectivity index (χ3n) is 13.0. The fraction of sp³-hybridized carbons (Fsp3) is 0.107. The second-order valence-electron chi connectivity index (χ2n) is 16.9. The molecular weight excluding hydrogens is 687 g/mol. The van der Waals surface area contributed by atoms with E-state index < -0.39 is 0 Å². The number of nitrogens with zero attached hydrogens (tertiary/aromatic N) is 1. The Morgan fingerprint density at radius 3 is 1.32 bits per heavy atom. The summed E-state index contributed by atoms with van der Waals surface area (Å²) in [5.41, 5.74) is 19.2. The topological polar surface area (TPSA) is 3.24 Å². The van der Waals surface area contributed by atoms with Crippen LogP contribution in [0.25, 0.3) is 66.1 Å². The fourth-order valence-corrected chi connectivity index (χ4v) is 10.2. The molecule has 0 fully saturated rings. The molecule has 0 N–H and O–H groups in total. The molecule has 0 radical (unpaired) electrons. The zero-order valence-corrected chi connectivity index (χ0v) is 32.8. The van der Waals surface area contributed by atoms with Crippen molar-refractivity contribution in [2.75, 3.05) is 4.90 Å². The Bertz CT molecular complexity index is 2960. The first kappa shape index (κ1) is 33.6. The number of para-hydroxylation sites is 2. The van der Waals surface area contributed by atoms with E-state index in [0.29, 0.717) is 0 Å². The van der Waals surface area contributed by atoms with Crippen LogP contribution in [-0.2, 0) is 10.8 Å². The van der Waals surface area contributed by atoms with E-state index in [2.05, 4.69) is 221 Å². The summed E-state index contributed by atoms with van der Waals surface area (Å²) in [5.74, 6) is 0. The van der Waals surface area contributed by atoms with Gasteiger partial charge >= 0.3 is 0 Å². The van der Waals surface area contributed by atoms with Crippen LogP contribution in [0.1, 0.15) is 49.9 Å². The Hall–Kier alpha value is -6.70. The number of hydrogen-bond donors (Lipinski definition) is 0. The first-order chi connectivity index (χ1) is 27.8. The summed E-state index contributed by atoms with van der Waals surface area (Å²) in [6.45, 7) is 9.51. The summed E-state index contributed by atoms with van der Waals surface area (Å²) in [5, 5.41) is 5.13. The molecule has 0 heterocycles. The average Bonchev–Trinajstić information content (AvgIpc) is 3.62. The summed E-state index contributed by atoms with van der Waals surface area (Å²) in [6, 6.07) is 69.9. The van der Waals surface area contributed by atoms with Crippen molar-refractivity contribution in [2.45, 2.75) is 38.5 Å². The molecule has 2 aliphatic carbocycles. The van der Waals surface area contributed by atoms with Crippen LogP contribution in [0, 0.1) is 0 Å². The zero-order valence-electron chi connectivity index (χ0n) is 32.8. The number of hydrogen-bond acceptors (Lipinski definition) is 1. The van der Waals surface area contributed by atoms with E-state index in [0.717, 1.165) is 11.4 Å². The monoisotopic (exact) mass is 729 g/mol. The fourth-order valence-electron chi connectivity index (χ4n) is 10.2. The number of fused-ring (bicyclic) bond motifs is 8. The van der Waals surface area contributed by atoms with E-state index in [1.807, 2.05) is 0 Å². The van der Waals surface area contributed by atoms with Gasteiger partial charge in [0.1, 0.15) is 0 Å². The molecule has 0 saturated heterocycles. The third-order valence-corrected chi connectivity index (χ3v) is 13.0. The Morgan fingerprint density at radius 1 is 0.298 bits per heavy atom. The summed E-state index contributed by atoms with van der Waals surface area (Å²) < 4.78 is 0. The number of rotatable bonds is 5. The number of benzene rings is 9.